The largest absolute Gasteiger partial charge is 0.367 e. The van der Waals surface area contributed by atoms with Gasteiger partial charge in [0.1, 0.15) is 5.82 Å². The lowest BCUT2D eigenvalue weighted by atomic mass is 9.78. The summed E-state index contributed by atoms with van der Waals surface area (Å²) < 4.78 is 17.2. The highest BCUT2D eigenvalue weighted by molar-refractivity contribution is 6.33. The van der Waals surface area contributed by atoms with Crippen molar-refractivity contribution in [1.29, 1.82) is 0 Å². The Morgan fingerprint density at radius 1 is 1.09 bits per heavy atom. The Balaban J connectivity index is 1.59. The Hall–Kier alpha value is -2.80. The van der Waals surface area contributed by atoms with Crippen LogP contribution in [0, 0.1) is 17.7 Å². The van der Waals surface area contributed by atoms with Crippen LogP contribution in [0.3, 0.4) is 0 Å². The van der Waals surface area contributed by atoms with Crippen LogP contribution >= 0.6 is 11.6 Å². The number of fused-ring (bicyclic) bond motifs is 1. The summed E-state index contributed by atoms with van der Waals surface area (Å²) in [4.78, 5) is 9.96. The number of rotatable bonds is 12. The lowest BCUT2D eigenvalue weighted by Gasteiger charge is -2.29. The topological polar surface area (TPSA) is 75.9 Å². The van der Waals surface area contributed by atoms with Crippen LogP contribution in [0.25, 0.3) is 21.9 Å². The van der Waals surface area contributed by atoms with Gasteiger partial charge in [0.15, 0.2) is 11.6 Å². The molecule has 5 unspecified atom stereocenters. The summed E-state index contributed by atoms with van der Waals surface area (Å²) in [6, 6.07) is 18.3. The fourth-order valence-corrected chi connectivity index (χ4v) is 7.45. The minimum atomic E-state index is -0.463. The van der Waals surface area contributed by atoms with Crippen LogP contribution in [-0.4, -0.2) is 35.1 Å². The summed E-state index contributed by atoms with van der Waals surface area (Å²) >= 11 is 6.91. The van der Waals surface area contributed by atoms with Gasteiger partial charge in [-0.2, -0.15) is 0 Å². The number of benzene rings is 2. The third kappa shape index (κ3) is 8.33. The summed E-state index contributed by atoms with van der Waals surface area (Å²) in [6.45, 7) is 8.46. The number of nitrogens with one attached hydrogen (secondary N) is 2. The first kappa shape index (κ1) is 33.6. The maximum atomic E-state index is 17.2. The van der Waals surface area contributed by atoms with Gasteiger partial charge in [-0.15, -0.1) is 0 Å². The molecule has 2 fully saturated rings. The molecule has 1 saturated carbocycles. The van der Waals surface area contributed by atoms with Crippen molar-refractivity contribution in [2.75, 3.05) is 18.4 Å². The number of hydrogen-bond acceptors (Lipinski definition) is 5. The maximum absolute atomic E-state index is 17.2. The van der Waals surface area contributed by atoms with Gasteiger partial charge in [-0.1, -0.05) is 81.3 Å². The molecule has 0 bridgehead atoms. The SMILES string of the molecule is CCC(CCC(C)(CC)c1ncccc(Cl)c(-c2cccc3ccccc23)c(F)c(NCC2CCC(N)C2)n1)CC1CCCN1. The Morgan fingerprint density at radius 2 is 1.91 bits per heavy atom. The molecule has 5 atom stereocenters. The van der Waals surface area contributed by atoms with E-state index < -0.39 is 5.82 Å². The van der Waals surface area contributed by atoms with E-state index in [4.69, 9.17) is 27.3 Å². The van der Waals surface area contributed by atoms with E-state index in [-0.39, 0.29) is 17.3 Å². The standard InChI is InChI=1S/C38H51ClFN5/c1-4-26(24-30-13-9-21-42-30)19-20-38(3,5-2)37-43-22-10-16-33(39)34(32-15-8-12-28-11-6-7-14-31(28)32)35(40)36(45-37)44-25-27-17-18-29(41)23-27/h6-8,10-12,14-16,22,26-27,29-30,42H,4-5,9,13,17-21,23-25,41H2,1-3H3,(H,43,44,45). The van der Waals surface area contributed by atoms with Crippen molar-refractivity contribution in [3.63, 3.8) is 0 Å². The minimum Gasteiger partial charge on any atom is -0.367 e. The van der Waals surface area contributed by atoms with Crippen molar-refractivity contribution in [3.8, 4) is 11.1 Å². The molecular formula is C38H51ClFN5. The molecule has 5 rings (SSSR count). The molecule has 0 amide bonds. The highest BCUT2D eigenvalue weighted by atomic mass is 35.5. The van der Waals surface area contributed by atoms with Crippen molar-refractivity contribution in [3.05, 3.63) is 77.5 Å². The van der Waals surface area contributed by atoms with Crippen molar-refractivity contribution in [2.24, 2.45) is 17.6 Å². The molecule has 1 aromatic heterocycles. The summed E-state index contributed by atoms with van der Waals surface area (Å²) in [7, 11) is 0. The number of nitrogens with two attached hydrogens (primary N) is 1. The number of halogens is 2. The second kappa shape index (κ2) is 15.7. The molecule has 1 saturated heterocycles. The zero-order valence-electron chi connectivity index (χ0n) is 27.3. The number of hydrogen-bond donors (Lipinski definition) is 3. The van der Waals surface area contributed by atoms with Gasteiger partial charge in [0.2, 0.25) is 0 Å². The summed E-state index contributed by atoms with van der Waals surface area (Å²) in [5, 5.41) is 9.37. The molecule has 5 nitrogen and oxygen atoms in total. The minimum absolute atomic E-state index is 0.195. The fraction of sp³-hybridized carbons (Fsp3) is 0.526. The quantitative estimate of drug-likeness (QED) is 0.186. The summed E-state index contributed by atoms with van der Waals surface area (Å²) in [6.07, 6.45) is 12.5. The average Bonchev–Trinajstić information content (AvgIpc) is 3.73. The Bertz CT molecular complexity index is 1490. The monoisotopic (exact) mass is 631 g/mol. The van der Waals surface area contributed by atoms with Gasteiger partial charge in [-0.3, -0.25) is 0 Å². The number of aromatic nitrogens is 2. The molecule has 242 valence electrons. The van der Waals surface area contributed by atoms with E-state index in [2.05, 4.69) is 31.4 Å². The summed E-state index contributed by atoms with van der Waals surface area (Å²) in [5.74, 6) is 1.38. The molecule has 45 heavy (non-hydrogen) atoms. The smallest absolute Gasteiger partial charge is 0.174 e. The van der Waals surface area contributed by atoms with Gasteiger partial charge >= 0.3 is 0 Å². The predicted octanol–water partition coefficient (Wildman–Crippen LogP) is 9.37. The first-order valence-corrected chi connectivity index (χ1v) is 17.5. The molecule has 3 aromatic rings. The zero-order valence-corrected chi connectivity index (χ0v) is 28.1. The van der Waals surface area contributed by atoms with Crippen LogP contribution in [0.1, 0.15) is 90.8 Å². The van der Waals surface area contributed by atoms with Crippen molar-refractivity contribution < 1.29 is 4.39 Å². The maximum Gasteiger partial charge on any atom is 0.174 e. The zero-order chi connectivity index (χ0) is 31.8. The molecule has 0 radical (unpaired) electrons. The van der Waals surface area contributed by atoms with Gasteiger partial charge in [0.05, 0.1) is 5.02 Å². The van der Waals surface area contributed by atoms with E-state index >= 15 is 4.39 Å². The molecule has 0 spiro atoms. The first-order valence-electron chi connectivity index (χ1n) is 17.1. The van der Waals surface area contributed by atoms with E-state index in [0.717, 1.165) is 67.8 Å². The molecule has 7 heteroatoms. The molecule has 1 aliphatic heterocycles. The van der Waals surface area contributed by atoms with Crippen LogP contribution < -0.4 is 16.4 Å². The lowest BCUT2D eigenvalue weighted by Crippen LogP contribution is -2.28. The molecular weight excluding hydrogens is 581 g/mol. The third-order valence-electron chi connectivity index (χ3n) is 10.4. The van der Waals surface area contributed by atoms with E-state index in [1.165, 1.54) is 19.3 Å². The van der Waals surface area contributed by atoms with E-state index in [1.807, 2.05) is 42.5 Å². The number of anilines is 1. The van der Waals surface area contributed by atoms with Crippen molar-refractivity contribution >= 4 is 28.2 Å². The molecule has 2 aromatic carbocycles. The Labute approximate surface area is 274 Å². The highest BCUT2D eigenvalue weighted by Gasteiger charge is 2.30. The van der Waals surface area contributed by atoms with Crippen LogP contribution in [0.5, 0.6) is 0 Å². The first-order chi connectivity index (χ1) is 21.8. The number of nitrogens with zero attached hydrogens (tertiary/aromatic N) is 2. The second-order valence-electron chi connectivity index (χ2n) is 13.6. The van der Waals surface area contributed by atoms with Crippen molar-refractivity contribution in [1.82, 2.24) is 15.3 Å². The van der Waals surface area contributed by atoms with E-state index in [9.17, 15) is 0 Å². The summed E-state index contributed by atoms with van der Waals surface area (Å²) in [5.41, 5.74) is 6.98. The van der Waals surface area contributed by atoms with Crippen LogP contribution in [0.15, 0.2) is 60.8 Å². The normalized spacial score (nSPS) is 21.8. The van der Waals surface area contributed by atoms with Gasteiger partial charge in [-0.05, 0) is 105 Å². The molecule has 4 N–H and O–H groups in total. The molecule has 2 heterocycles. The Morgan fingerprint density at radius 3 is 2.64 bits per heavy atom. The van der Waals surface area contributed by atoms with Gasteiger partial charge in [-0.25, -0.2) is 14.4 Å². The Kier molecular flexibility index (Phi) is 11.7. The van der Waals surface area contributed by atoms with Gasteiger partial charge in [0.25, 0.3) is 0 Å². The second-order valence-corrected chi connectivity index (χ2v) is 14.0. The average molecular weight is 632 g/mol. The van der Waals surface area contributed by atoms with Crippen LogP contribution in [0.4, 0.5) is 10.2 Å². The fourth-order valence-electron chi connectivity index (χ4n) is 7.19. The molecule has 2 aliphatic rings. The third-order valence-corrected chi connectivity index (χ3v) is 10.7. The van der Waals surface area contributed by atoms with Crippen LogP contribution in [-0.2, 0) is 5.41 Å². The van der Waals surface area contributed by atoms with Gasteiger partial charge < -0.3 is 16.4 Å². The predicted molar refractivity (Wildman–Crippen MR) is 188 cm³/mol. The van der Waals surface area contributed by atoms with Crippen LogP contribution in [0.2, 0.25) is 5.02 Å². The van der Waals surface area contributed by atoms with Crippen molar-refractivity contribution in [2.45, 2.75) is 102 Å². The molecule has 1 aliphatic carbocycles. The van der Waals surface area contributed by atoms with E-state index in [0.29, 0.717) is 40.8 Å². The van der Waals surface area contributed by atoms with Gasteiger partial charge in [0, 0.05) is 35.8 Å². The lowest BCUT2D eigenvalue weighted by molar-refractivity contribution is 0.306. The van der Waals surface area contributed by atoms with E-state index in [1.54, 1.807) is 18.3 Å². The highest BCUT2D eigenvalue weighted by Crippen LogP contribution is 2.38.